The van der Waals surface area contributed by atoms with E-state index in [0.717, 1.165) is 5.69 Å². The SMILES string of the molecule is COCCC1CN(c2ccccc2)c2cc(SC)c(O/C=C(\F)C(=O)O)cc2S(=O)(=O)N1C. The van der Waals surface area contributed by atoms with Crippen molar-refractivity contribution >= 4 is 39.1 Å². The Bertz CT molecular complexity index is 1140. The topological polar surface area (TPSA) is 96.4 Å². The van der Waals surface area contributed by atoms with E-state index in [9.17, 15) is 17.6 Å². The lowest BCUT2D eigenvalue weighted by Crippen LogP contribution is -2.41. The van der Waals surface area contributed by atoms with Crippen LogP contribution in [0.25, 0.3) is 0 Å². The molecule has 2 aromatic carbocycles. The van der Waals surface area contributed by atoms with Gasteiger partial charge in [0.25, 0.3) is 0 Å². The Morgan fingerprint density at radius 1 is 1.30 bits per heavy atom. The summed E-state index contributed by atoms with van der Waals surface area (Å²) < 4.78 is 52.4. The molecule has 0 saturated heterocycles. The Morgan fingerprint density at radius 3 is 2.61 bits per heavy atom. The van der Waals surface area contributed by atoms with E-state index in [1.165, 1.54) is 29.2 Å². The summed E-state index contributed by atoms with van der Waals surface area (Å²) in [7, 11) is -0.887. The van der Waals surface area contributed by atoms with Crippen molar-refractivity contribution in [1.82, 2.24) is 4.31 Å². The lowest BCUT2D eigenvalue weighted by molar-refractivity contribution is -0.134. The molecule has 1 N–H and O–H groups in total. The van der Waals surface area contributed by atoms with Crippen LogP contribution < -0.4 is 9.64 Å². The molecule has 0 saturated carbocycles. The number of ether oxygens (including phenoxy) is 2. The highest BCUT2D eigenvalue weighted by Crippen LogP contribution is 2.43. The maximum atomic E-state index is 13.6. The van der Waals surface area contributed by atoms with Crippen LogP contribution in [0.3, 0.4) is 0 Å². The summed E-state index contributed by atoms with van der Waals surface area (Å²) in [6.07, 6.45) is 2.69. The Hall–Kier alpha value is -2.60. The average Bonchev–Trinajstić information content (AvgIpc) is 2.89. The molecule has 0 aromatic heterocycles. The molecule has 0 bridgehead atoms. The third kappa shape index (κ3) is 5.32. The molecule has 1 unspecified atom stereocenters. The van der Waals surface area contributed by atoms with Crippen molar-refractivity contribution in [3.05, 3.63) is 54.6 Å². The summed E-state index contributed by atoms with van der Waals surface area (Å²) in [6.45, 7) is 0.769. The van der Waals surface area contributed by atoms with E-state index >= 15 is 0 Å². The van der Waals surface area contributed by atoms with Gasteiger partial charge in [-0.2, -0.15) is 8.70 Å². The Morgan fingerprint density at radius 2 is 2.00 bits per heavy atom. The van der Waals surface area contributed by atoms with Gasteiger partial charge in [0.2, 0.25) is 15.9 Å². The number of nitrogens with zero attached hydrogens (tertiary/aromatic N) is 2. The van der Waals surface area contributed by atoms with Crippen molar-refractivity contribution < 1.29 is 32.2 Å². The number of rotatable bonds is 8. The van der Waals surface area contributed by atoms with E-state index in [2.05, 4.69) is 0 Å². The fourth-order valence-corrected chi connectivity index (χ4v) is 5.62. The predicted octanol–water partition coefficient (Wildman–Crippen LogP) is 3.86. The maximum Gasteiger partial charge on any atom is 0.368 e. The normalized spacial score (nSPS) is 18.5. The second-order valence-corrected chi connectivity index (χ2v) is 10.1. The zero-order valence-electron chi connectivity index (χ0n) is 18.4. The lowest BCUT2D eigenvalue weighted by atomic mass is 10.1. The molecule has 8 nitrogen and oxygen atoms in total. The molecule has 0 amide bonds. The van der Waals surface area contributed by atoms with Crippen LogP contribution in [0, 0.1) is 0 Å². The number of fused-ring (bicyclic) bond motifs is 1. The smallest absolute Gasteiger partial charge is 0.368 e. The number of methoxy groups -OCH3 is 1. The van der Waals surface area contributed by atoms with Crippen LogP contribution >= 0.6 is 11.8 Å². The van der Waals surface area contributed by atoms with Crippen molar-refractivity contribution in [3.63, 3.8) is 0 Å². The minimum atomic E-state index is -3.96. The summed E-state index contributed by atoms with van der Waals surface area (Å²) in [6, 6.07) is 12.0. The van der Waals surface area contributed by atoms with Gasteiger partial charge >= 0.3 is 5.97 Å². The monoisotopic (exact) mass is 496 g/mol. The molecule has 1 atom stereocenters. The zero-order chi connectivity index (χ0) is 24.2. The minimum Gasteiger partial charge on any atom is -0.476 e. The van der Waals surface area contributed by atoms with Crippen molar-refractivity contribution in [2.75, 3.05) is 38.5 Å². The first-order valence-corrected chi connectivity index (χ1v) is 12.6. The Balaban J connectivity index is 2.21. The van der Waals surface area contributed by atoms with Gasteiger partial charge in [-0.05, 0) is 30.9 Å². The highest BCUT2D eigenvalue weighted by atomic mass is 32.2. The second-order valence-electron chi connectivity index (χ2n) is 7.26. The van der Waals surface area contributed by atoms with Crippen molar-refractivity contribution in [3.8, 4) is 5.75 Å². The molecule has 0 spiro atoms. The number of sulfonamides is 1. The molecule has 11 heteroatoms. The Kier molecular flexibility index (Phi) is 8.01. The van der Waals surface area contributed by atoms with Crippen LogP contribution in [-0.2, 0) is 19.6 Å². The standard InChI is InChI=1S/C22H25FN2O6S2/c1-24-16(9-10-30-2)13-25(15-7-5-4-6-8-15)18-11-20(32-3)19(12-21(18)33(24,28)29)31-14-17(23)22(26)27/h4-8,11-12,14,16H,9-10,13H2,1-3H3,(H,26,27)/b17-14-. The van der Waals surface area contributed by atoms with Gasteiger partial charge in [0.1, 0.15) is 16.9 Å². The quantitative estimate of drug-likeness (QED) is 0.334. The van der Waals surface area contributed by atoms with Gasteiger partial charge in [0.05, 0.1) is 10.6 Å². The predicted molar refractivity (Wildman–Crippen MR) is 124 cm³/mol. The first kappa shape index (κ1) is 25.0. The minimum absolute atomic E-state index is 0.0225. The number of thioether (sulfide) groups is 1. The molecule has 1 heterocycles. The number of aliphatic carboxylic acids is 1. The molecular weight excluding hydrogens is 471 g/mol. The number of carbonyl (C=O) groups is 1. The molecule has 1 aliphatic heterocycles. The lowest BCUT2D eigenvalue weighted by Gasteiger charge is -2.29. The summed E-state index contributed by atoms with van der Waals surface area (Å²) in [5, 5.41) is 8.75. The fraction of sp³-hybridized carbons (Fsp3) is 0.318. The molecule has 3 rings (SSSR count). The van der Waals surface area contributed by atoms with Crippen molar-refractivity contribution in [1.29, 1.82) is 0 Å². The average molecular weight is 497 g/mol. The van der Waals surface area contributed by atoms with E-state index < -0.39 is 21.8 Å². The summed E-state index contributed by atoms with van der Waals surface area (Å²) >= 11 is 1.27. The molecule has 0 aliphatic carbocycles. The van der Waals surface area contributed by atoms with Gasteiger partial charge < -0.3 is 19.5 Å². The number of benzene rings is 2. The molecule has 33 heavy (non-hydrogen) atoms. The molecule has 178 valence electrons. The molecule has 0 fully saturated rings. The number of halogens is 1. The molecule has 2 aromatic rings. The van der Waals surface area contributed by atoms with Crippen molar-refractivity contribution in [2.24, 2.45) is 0 Å². The number of carboxylic acid groups (broad SMARTS) is 1. The number of para-hydroxylation sites is 1. The van der Waals surface area contributed by atoms with Crippen LogP contribution in [0.4, 0.5) is 15.8 Å². The van der Waals surface area contributed by atoms with Gasteiger partial charge in [-0.25, -0.2) is 13.2 Å². The first-order chi connectivity index (χ1) is 15.7. The number of carboxylic acids is 1. The highest BCUT2D eigenvalue weighted by Gasteiger charge is 2.37. The number of hydrogen-bond acceptors (Lipinski definition) is 7. The fourth-order valence-electron chi connectivity index (χ4n) is 3.52. The van der Waals surface area contributed by atoms with Crippen LogP contribution in [0.1, 0.15) is 6.42 Å². The van der Waals surface area contributed by atoms with Gasteiger partial charge in [-0.3, -0.25) is 0 Å². The van der Waals surface area contributed by atoms with Gasteiger partial charge in [0, 0.05) is 45.1 Å². The summed E-state index contributed by atoms with van der Waals surface area (Å²) in [5.41, 5.74) is 1.26. The van der Waals surface area contributed by atoms with E-state index in [-0.39, 0.29) is 16.7 Å². The van der Waals surface area contributed by atoms with E-state index in [1.807, 2.05) is 35.2 Å². The number of anilines is 2. The zero-order valence-corrected chi connectivity index (χ0v) is 20.0. The van der Waals surface area contributed by atoms with Crippen LogP contribution in [-0.4, -0.2) is 63.4 Å². The van der Waals surface area contributed by atoms with Crippen LogP contribution in [0.5, 0.6) is 5.75 Å². The number of hydrogen-bond donors (Lipinski definition) is 1. The first-order valence-electron chi connectivity index (χ1n) is 9.98. The second kappa shape index (κ2) is 10.6. The molecule has 0 radical (unpaired) electrons. The van der Waals surface area contributed by atoms with Gasteiger partial charge in [-0.15, -0.1) is 11.8 Å². The summed E-state index contributed by atoms with van der Waals surface area (Å²) in [5.74, 6) is -3.24. The Labute approximate surface area is 196 Å². The van der Waals surface area contributed by atoms with Crippen molar-refractivity contribution in [2.45, 2.75) is 22.3 Å². The van der Waals surface area contributed by atoms with E-state index in [4.69, 9.17) is 14.6 Å². The van der Waals surface area contributed by atoms with E-state index in [1.54, 1.807) is 19.4 Å². The highest BCUT2D eigenvalue weighted by molar-refractivity contribution is 7.98. The largest absolute Gasteiger partial charge is 0.476 e. The molecular formula is C22H25FN2O6S2. The maximum absolute atomic E-state index is 13.6. The number of likely N-dealkylation sites (N-methyl/N-ethyl adjacent to an activating group) is 1. The van der Waals surface area contributed by atoms with Crippen LogP contribution in [0.2, 0.25) is 0 Å². The molecule has 1 aliphatic rings. The van der Waals surface area contributed by atoms with Gasteiger partial charge in [-0.1, -0.05) is 18.2 Å². The summed E-state index contributed by atoms with van der Waals surface area (Å²) in [4.78, 5) is 13.2. The van der Waals surface area contributed by atoms with Gasteiger partial charge in [0.15, 0.2) is 0 Å². The third-order valence-electron chi connectivity index (χ3n) is 5.32. The van der Waals surface area contributed by atoms with Crippen LogP contribution in [0.15, 0.2) is 64.3 Å². The third-order valence-corrected chi connectivity index (χ3v) is 8.02. The van der Waals surface area contributed by atoms with E-state index in [0.29, 0.717) is 36.4 Å².